The van der Waals surface area contributed by atoms with E-state index in [1.54, 1.807) is 30.3 Å². The fraction of sp³-hybridized carbons (Fsp3) is 0.278. The Morgan fingerprint density at radius 1 is 1.12 bits per heavy atom. The van der Waals surface area contributed by atoms with E-state index in [0.29, 0.717) is 17.8 Å². The van der Waals surface area contributed by atoms with Crippen LogP contribution in [0.3, 0.4) is 0 Å². The molecule has 0 unspecified atom stereocenters. The highest BCUT2D eigenvalue weighted by molar-refractivity contribution is 7.92. The Morgan fingerprint density at radius 2 is 1.84 bits per heavy atom. The SMILES string of the molecule is COc1cc(C)c(C)cc1S(=O)(=O)Nc1ccc2c(c1)C(=O)NCC2. The van der Waals surface area contributed by atoms with E-state index in [9.17, 15) is 13.2 Å². The third-order valence-corrected chi connectivity index (χ3v) is 5.76. The molecule has 2 aromatic carbocycles. The lowest BCUT2D eigenvalue weighted by atomic mass is 10.00. The second-order valence-electron chi connectivity index (χ2n) is 6.07. The largest absolute Gasteiger partial charge is 0.495 e. The first kappa shape index (κ1) is 17.3. The van der Waals surface area contributed by atoms with E-state index in [1.165, 1.54) is 7.11 Å². The van der Waals surface area contributed by atoms with Crippen LogP contribution in [-0.4, -0.2) is 28.0 Å². The molecule has 1 heterocycles. The molecule has 7 heteroatoms. The number of fused-ring (bicyclic) bond motifs is 1. The minimum atomic E-state index is -3.85. The van der Waals surface area contributed by atoms with Crippen LogP contribution < -0.4 is 14.8 Å². The maximum Gasteiger partial charge on any atom is 0.265 e. The van der Waals surface area contributed by atoms with E-state index < -0.39 is 10.0 Å². The van der Waals surface area contributed by atoms with E-state index in [0.717, 1.165) is 23.1 Å². The summed E-state index contributed by atoms with van der Waals surface area (Å²) in [6.07, 6.45) is 0.735. The minimum Gasteiger partial charge on any atom is -0.495 e. The third kappa shape index (κ3) is 3.32. The summed E-state index contributed by atoms with van der Waals surface area (Å²) in [7, 11) is -2.41. The molecule has 0 bridgehead atoms. The standard InChI is InChI=1S/C18H20N2O4S/c1-11-8-16(24-3)17(9-12(11)2)25(22,23)20-14-5-4-13-6-7-19-18(21)15(13)10-14/h4-5,8-10,20H,6-7H2,1-3H3,(H,19,21). The van der Waals surface area contributed by atoms with Crippen LogP contribution in [0.1, 0.15) is 27.0 Å². The second-order valence-corrected chi connectivity index (χ2v) is 7.72. The second kappa shape index (κ2) is 6.40. The zero-order chi connectivity index (χ0) is 18.2. The first-order chi connectivity index (χ1) is 11.8. The smallest absolute Gasteiger partial charge is 0.265 e. The van der Waals surface area contributed by atoms with Gasteiger partial charge in [0.1, 0.15) is 10.6 Å². The van der Waals surface area contributed by atoms with Gasteiger partial charge in [0, 0.05) is 17.8 Å². The molecule has 0 atom stereocenters. The lowest BCUT2D eigenvalue weighted by molar-refractivity contribution is 0.0946. The average molecular weight is 360 g/mol. The van der Waals surface area contributed by atoms with Gasteiger partial charge in [-0.25, -0.2) is 8.42 Å². The Bertz CT molecular complexity index is 952. The maximum absolute atomic E-state index is 12.8. The number of amides is 1. The molecule has 0 fully saturated rings. The van der Waals surface area contributed by atoms with Gasteiger partial charge in [0.25, 0.3) is 15.9 Å². The summed E-state index contributed by atoms with van der Waals surface area (Å²) in [6.45, 7) is 4.33. The van der Waals surface area contributed by atoms with Crippen LogP contribution in [0.25, 0.3) is 0 Å². The Morgan fingerprint density at radius 3 is 2.56 bits per heavy atom. The molecule has 3 rings (SSSR count). The van der Waals surface area contributed by atoms with Crippen LogP contribution in [0, 0.1) is 13.8 Å². The topological polar surface area (TPSA) is 84.5 Å². The van der Waals surface area contributed by atoms with E-state index in [-0.39, 0.29) is 16.6 Å². The maximum atomic E-state index is 12.8. The molecule has 2 N–H and O–H groups in total. The number of ether oxygens (including phenoxy) is 1. The fourth-order valence-electron chi connectivity index (χ4n) is 2.82. The third-order valence-electron chi connectivity index (χ3n) is 4.36. The summed E-state index contributed by atoms with van der Waals surface area (Å²) in [4.78, 5) is 12.0. The number of nitrogens with one attached hydrogen (secondary N) is 2. The van der Waals surface area contributed by atoms with Crippen LogP contribution >= 0.6 is 0 Å². The minimum absolute atomic E-state index is 0.0697. The molecule has 6 nitrogen and oxygen atoms in total. The van der Waals surface area contributed by atoms with Crippen LogP contribution in [0.2, 0.25) is 0 Å². The number of hydrogen-bond donors (Lipinski definition) is 2. The molecule has 0 aromatic heterocycles. The predicted molar refractivity (Wildman–Crippen MR) is 95.8 cm³/mol. The number of carbonyl (C=O) groups is 1. The van der Waals surface area contributed by atoms with Crippen molar-refractivity contribution in [3.05, 3.63) is 52.6 Å². The summed E-state index contributed by atoms with van der Waals surface area (Å²) in [5.74, 6) is 0.0948. The number of aryl methyl sites for hydroxylation is 2. The number of methoxy groups -OCH3 is 1. The Labute approximate surface area is 147 Å². The monoisotopic (exact) mass is 360 g/mol. The first-order valence-electron chi connectivity index (χ1n) is 7.91. The normalized spacial score (nSPS) is 13.8. The summed E-state index contributed by atoms with van der Waals surface area (Å²) in [5, 5.41) is 2.76. The Kier molecular flexibility index (Phi) is 4.43. The van der Waals surface area contributed by atoms with Gasteiger partial charge >= 0.3 is 0 Å². The molecule has 1 amide bonds. The van der Waals surface area contributed by atoms with Gasteiger partial charge in [0.2, 0.25) is 0 Å². The highest BCUT2D eigenvalue weighted by atomic mass is 32.2. The van der Waals surface area contributed by atoms with E-state index in [1.807, 2.05) is 13.8 Å². The van der Waals surface area contributed by atoms with Crippen molar-refractivity contribution < 1.29 is 17.9 Å². The fourth-order valence-corrected chi connectivity index (χ4v) is 4.10. The molecule has 2 aromatic rings. The molecule has 132 valence electrons. The number of hydrogen-bond acceptors (Lipinski definition) is 4. The van der Waals surface area contributed by atoms with Gasteiger partial charge in [-0.1, -0.05) is 6.07 Å². The van der Waals surface area contributed by atoms with Crippen LogP contribution in [0.4, 0.5) is 5.69 Å². The van der Waals surface area contributed by atoms with Gasteiger partial charge in [-0.05, 0) is 61.2 Å². The van der Waals surface area contributed by atoms with Crippen molar-refractivity contribution >= 4 is 21.6 Å². The van der Waals surface area contributed by atoms with Crippen molar-refractivity contribution in [2.75, 3.05) is 18.4 Å². The van der Waals surface area contributed by atoms with E-state index >= 15 is 0 Å². The van der Waals surface area contributed by atoms with Crippen molar-refractivity contribution in [1.82, 2.24) is 5.32 Å². The molecule has 1 aliphatic rings. The van der Waals surface area contributed by atoms with Gasteiger partial charge < -0.3 is 10.1 Å². The Hall–Kier alpha value is -2.54. The van der Waals surface area contributed by atoms with Crippen molar-refractivity contribution in [2.24, 2.45) is 0 Å². The van der Waals surface area contributed by atoms with Crippen molar-refractivity contribution in [3.63, 3.8) is 0 Å². The van der Waals surface area contributed by atoms with Gasteiger partial charge in [-0.2, -0.15) is 0 Å². The molecule has 0 aliphatic carbocycles. The summed E-state index contributed by atoms with van der Waals surface area (Å²) in [6, 6.07) is 8.30. The average Bonchev–Trinajstić information content (AvgIpc) is 2.57. The van der Waals surface area contributed by atoms with Crippen LogP contribution in [-0.2, 0) is 16.4 Å². The number of benzene rings is 2. The van der Waals surface area contributed by atoms with E-state index in [4.69, 9.17) is 4.74 Å². The Balaban J connectivity index is 1.99. The van der Waals surface area contributed by atoms with Gasteiger partial charge in [-0.15, -0.1) is 0 Å². The van der Waals surface area contributed by atoms with E-state index in [2.05, 4.69) is 10.0 Å². The number of carbonyl (C=O) groups excluding carboxylic acids is 1. The lowest BCUT2D eigenvalue weighted by Crippen LogP contribution is -2.31. The molecule has 1 aliphatic heterocycles. The van der Waals surface area contributed by atoms with Gasteiger partial charge in [0.15, 0.2) is 0 Å². The van der Waals surface area contributed by atoms with Crippen LogP contribution in [0.5, 0.6) is 5.75 Å². The highest BCUT2D eigenvalue weighted by Gasteiger charge is 2.22. The van der Waals surface area contributed by atoms with Crippen molar-refractivity contribution in [3.8, 4) is 5.75 Å². The number of anilines is 1. The molecule has 0 spiro atoms. The molecule has 0 radical (unpaired) electrons. The molecule has 0 saturated carbocycles. The number of rotatable bonds is 4. The molecule has 25 heavy (non-hydrogen) atoms. The first-order valence-corrected chi connectivity index (χ1v) is 9.39. The lowest BCUT2D eigenvalue weighted by Gasteiger charge is -2.18. The van der Waals surface area contributed by atoms with Crippen LogP contribution in [0.15, 0.2) is 35.2 Å². The zero-order valence-electron chi connectivity index (χ0n) is 14.3. The summed E-state index contributed by atoms with van der Waals surface area (Å²) in [5.41, 5.74) is 3.55. The molecular formula is C18H20N2O4S. The van der Waals surface area contributed by atoms with Gasteiger partial charge in [-0.3, -0.25) is 9.52 Å². The highest BCUT2D eigenvalue weighted by Crippen LogP contribution is 2.29. The predicted octanol–water partition coefficient (Wildman–Crippen LogP) is 2.40. The zero-order valence-corrected chi connectivity index (χ0v) is 15.2. The van der Waals surface area contributed by atoms with Crippen molar-refractivity contribution in [1.29, 1.82) is 0 Å². The number of sulfonamides is 1. The quantitative estimate of drug-likeness (QED) is 0.877. The molecule has 0 saturated heterocycles. The van der Waals surface area contributed by atoms with Gasteiger partial charge in [0.05, 0.1) is 7.11 Å². The van der Waals surface area contributed by atoms with Crippen molar-refractivity contribution in [2.45, 2.75) is 25.2 Å². The molecular weight excluding hydrogens is 340 g/mol. The summed E-state index contributed by atoms with van der Waals surface area (Å²) < 4.78 is 33.4. The summed E-state index contributed by atoms with van der Waals surface area (Å²) >= 11 is 0.